The molecule has 26 heavy (non-hydrogen) atoms. The third-order valence-electron chi connectivity index (χ3n) is 6.00. The Morgan fingerprint density at radius 3 is 2.50 bits per heavy atom. The fraction of sp³-hybridized carbons (Fsp3) is 0.318. The van der Waals surface area contributed by atoms with Crippen molar-refractivity contribution in [2.24, 2.45) is 5.92 Å². The van der Waals surface area contributed by atoms with Crippen LogP contribution in [0.15, 0.2) is 67.3 Å². The predicted molar refractivity (Wildman–Crippen MR) is 97.3 cm³/mol. The second-order valence-electron chi connectivity index (χ2n) is 7.21. The normalized spacial score (nSPS) is 27.6. The minimum absolute atomic E-state index is 0.285. The second kappa shape index (κ2) is 5.76. The molecule has 2 aromatic carbocycles. The molecule has 2 aliphatic heterocycles. The number of amides is 1. The van der Waals surface area contributed by atoms with Crippen molar-refractivity contribution in [2.45, 2.75) is 30.7 Å². The zero-order chi connectivity index (χ0) is 18.5. The minimum Gasteiger partial charge on any atom is -0.322 e. The largest absolute Gasteiger partial charge is 0.322 e. The number of fused-ring (bicyclic) bond motifs is 3. The lowest BCUT2D eigenvalue weighted by atomic mass is 9.65. The van der Waals surface area contributed by atoms with Gasteiger partial charge in [-0.3, -0.25) is 4.79 Å². The quantitative estimate of drug-likeness (QED) is 0.713. The van der Waals surface area contributed by atoms with Crippen molar-refractivity contribution in [1.82, 2.24) is 4.90 Å². The van der Waals surface area contributed by atoms with Crippen LogP contribution in [-0.2, 0) is 5.54 Å². The van der Waals surface area contributed by atoms with E-state index in [1.54, 1.807) is 37.3 Å². The Labute approximate surface area is 152 Å². The molecule has 0 saturated carbocycles. The van der Waals surface area contributed by atoms with E-state index in [0.29, 0.717) is 17.7 Å². The van der Waals surface area contributed by atoms with E-state index in [0.717, 1.165) is 5.56 Å². The fourth-order valence-electron chi connectivity index (χ4n) is 4.72. The van der Waals surface area contributed by atoms with Crippen LogP contribution in [0.3, 0.4) is 0 Å². The average molecular weight is 353 g/mol. The van der Waals surface area contributed by atoms with Crippen molar-refractivity contribution in [1.29, 1.82) is 0 Å². The molecule has 1 amide bonds. The third kappa shape index (κ3) is 1.93. The Balaban J connectivity index is 2.06. The average Bonchev–Trinajstić information content (AvgIpc) is 2.91. The summed E-state index contributed by atoms with van der Waals surface area (Å²) >= 11 is 0. The van der Waals surface area contributed by atoms with Crippen LogP contribution in [0.1, 0.15) is 40.7 Å². The number of carbonyl (C=O) groups is 1. The summed E-state index contributed by atoms with van der Waals surface area (Å²) in [7, 11) is 0. The molecule has 2 heterocycles. The van der Waals surface area contributed by atoms with Gasteiger partial charge in [0.1, 0.15) is 5.54 Å². The summed E-state index contributed by atoms with van der Waals surface area (Å²) in [4.78, 5) is 14.4. The third-order valence-corrected chi connectivity index (χ3v) is 6.00. The van der Waals surface area contributed by atoms with Crippen molar-refractivity contribution < 1.29 is 13.6 Å². The van der Waals surface area contributed by atoms with E-state index in [2.05, 4.69) is 6.58 Å². The predicted octanol–water partition coefficient (Wildman–Crippen LogP) is 4.98. The fourth-order valence-corrected chi connectivity index (χ4v) is 4.72. The number of halogens is 2. The molecule has 4 rings (SSSR count). The van der Waals surface area contributed by atoms with E-state index in [9.17, 15) is 4.79 Å². The van der Waals surface area contributed by atoms with E-state index in [4.69, 9.17) is 0 Å². The Morgan fingerprint density at radius 1 is 1.15 bits per heavy atom. The monoisotopic (exact) mass is 353 g/mol. The summed E-state index contributed by atoms with van der Waals surface area (Å²) in [6.45, 7) is 5.78. The van der Waals surface area contributed by atoms with Gasteiger partial charge in [0.05, 0.1) is 0 Å². The Hall–Kier alpha value is -2.49. The second-order valence-corrected chi connectivity index (χ2v) is 7.21. The van der Waals surface area contributed by atoms with Crippen LogP contribution < -0.4 is 0 Å². The van der Waals surface area contributed by atoms with Gasteiger partial charge in [-0.15, -0.1) is 6.58 Å². The number of benzene rings is 2. The smallest absolute Gasteiger partial charge is 0.278 e. The first-order valence-corrected chi connectivity index (χ1v) is 8.93. The van der Waals surface area contributed by atoms with Gasteiger partial charge in [0.25, 0.3) is 11.8 Å². The summed E-state index contributed by atoms with van der Waals surface area (Å²) in [6.07, 6.45) is 1.86. The van der Waals surface area contributed by atoms with Crippen molar-refractivity contribution in [3.05, 3.63) is 83.9 Å². The maximum Gasteiger partial charge on any atom is 0.278 e. The molecule has 3 unspecified atom stereocenters. The van der Waals surface area contributed by atoms with E-state index < -0.39 is 23.3 Å². The van der Waals surface area contributed by atoms with Gasteiger partial charge in [0.15, 0.2) is 0 Å². The number of carbonyl (C=O) groups excluding carboxylic acids is 1. The van der Waals surface area contributed by atoms with E-state index >= 15 is 8.78 Å². The maximum atomic E-state index is 15.9. The van der Waals surface area contributed by atoms with E-state index in [-0.39, 0.29) is 12.3 Å². The first-order valence-electron chi connectivity index (χ1n) is 8.93. The molecular formula is C22H21F2NO. The lowest BCUT2D eigenvalue weighted by Gasteiger charge is -2.54. The first kappa shape index (κ1) is 17.0. The van der Waals surface area contributed by atoms with E-state index in [1.807, 2.05) is 30.3 Å². The molecule has 0 N–H and O–H groups in total. The van der Waals surface area contributed by atoms with Crippen LogP contribution in [-0.4, -0.2) is 23.3 Å². The molecule has 4 heteroatoms. The van der Waals surface area contributed by atoms with Crippen LogP contribution in [0.2, 0.25) is 0 Å². The molecule has 0 radical (unpaired) electrons. The number of hydrogen-bond acceptors (Lipinski definition) is 1. The number of piperidine rings is 1. The van der Waals surface area contributed by atoms with Crippen molar-refractivity contribution >= 4 is 5.91 Å². The van der Waals surface area contributed by atoms with Gasteiger partial charge in [-0.25, -0.2) is 8.78 Å². The van der Waals surface area contributed by atoms with Crippen LogP contribution >= 0.6 is 0 Å². The number of rotatable bonds is 3. The van der Waals surface area contributed by atoms with Gasteiger partial charge in [0, 0.05) is 23.9 Å². The molecule has 0 spiro atoms. The summed E-state index contributed by atoms with van der Waals surface area (Å²) in [5, 5.41) is 0. The molecule has 0 bridgehead atoms. The highest BCUT2D eigenvalue weighted by Gasteiger charge is 2.70. The van der Waals surface area contributed by atoms with Crippen molar-refractivity contribution in [2.75, 3.05) is 6.54 Å². The number of nitrogens with zero attached hydrogens (tertiary/aromatic N) is 1. The van der Waals surface area contributed by atoms with Crippen LogP contribution in [0, 0.1) is 5.92 Å². The molecule has 2 nitrogen and oxygen atoms in total. The lowest BCUT2D eigenvalue weighted by molar-refractivity contribution is -0.197. The molecule has 134 valence electrons. The van der Waals surface area contributed by atoms with Crippen LogP contribution in [0.4, 0.5) is 8.78 Å². The minimum atomic E-state index is -3.08. The molecule has 3 atom stereocenters. The zero-order valence-electron chi connectivity index (χ0n) is 14.7. The van der Waals surface area contributed by atoms with Crippen LogP contribution in [0.5, 0.6) is 0 Å². The Morgan fingerprint density at radius 2 is 1.81 bits per heavy atom. The Bertz CT molecular complexity index is 863. The number of hydrogen-bond donors (Lipinski definition) is 0. The highest BCUT2D eigenvalue weighted by atomic mass is 19.3. The maximum absolute atomic E-state index is 15.9. The zero-order valence-corrected chi connectivity index (χ0v) is 14.7. The molecule has 1 saturated heterocycles. The molecule has 1 fully saturated rings. The van der Waals surface area contributed by atoms with Gasteiger partial charge in [0.2, 0.25) is 0 Å². The SMILES string of the molecule is C=CC(c1ccccc1)C12c3ccccc3C(=O)N1CCC(C)C2(F)F. The van der Waals surface area contributed by atoms with Crippen molar-refractivity contribution in [3.8, 4) is 0 Å². The van der Waals surface area contributed by atoms with Crippen LogP contribution in [0.25, 0.3) is 0 Å². The standard InChI is InChI=1S/C22H21F2NO/c1-3-18(16-9-5-4-6-10-16)21-19-12-8-7-11-17(19)20(26)25(21)14-13-15(2)22(21,23)24/h3-12,15,18H,1,13-14H2,2H3. The molecule has 2 aromatic rings. The summed E-state index contributed by atoms with van der Waals surface area (Å²) < 4.78 is 31.9. The molecule has 0 aromatic heterocycles. The summed E-state index contributed by atoms with van der Waals surface area (Å²) in [6, 6.07) is 16.0. The molecule has 2 aliphatic rings. The van der Waals surface area contributed by atoms with Gasteiger partial charge in [-0.1, -0.05) is 61.5 Å². The Kier molecular flexibility index (Phi) is 3.76. The summed E-state index contributed by atoms with van der Waals surface area (Å²) in [5.41, 5.74) is -0.202. The van der Waals surface area contributed by atoms with Gasteiger partial charge >= 0.3 is 0 Å². The first-order chi connectivity index (χ1) is 12.5. The van der Waals surface area contributed by atoms with E-state index in [1.165, 1.54) is 4.90 Å². The highest BCUT2D eigenvalue weighted by molar-refractivity contribution is 6.00. The highest BCUT2D eigenvalue weighted by Crippen LogP contribution is 2.61. The molecular weight excluding hydrogens is 332 g/mol. The molecule has 0 aliphatic carbocycles. The van der Waals surface area contributed by atoms with Crippen molar-refractivity contribution in [3.63, 3.8) is 0 Å². The topological polar surface area (TPSA) is 20.3 Å². The van der Waals surface area contributed by atoms with Gasteiger partial charge in [-0.2, -0.15) is 0 Å². The van der Waals surface area contributed by atoms with Gasteiger partial charge in [-0.05, 0) is 23.6 Å². The lowest BCUT2D eigenvalue weighted by Crippen LogP contribution is -2.65. The summed E-state index contributed by atoms with van der Waals surface area (Å²) in [5.74, 6) is -4.92. The van der Waals surface area contributed by atoms with Gasteiger partial charge < -0.3 is 4.90 Å². The number of alkyl halides is 2.